The average molecular weight is 291 g/mol. The normalized spacial score (nSPS) is 23.2. The molecule has 2 N–H and O–H groups in total. The molecular weight excluding hydrogens is 266 g/mol. The van der Waals surface area contributed by atoms with Crippen LogP contribution in [0.25, 0.3) is 0 Å². The number of aromatic nitrogens is 3. The SMILES string of the molecule is CC(C)(C)NC(=O)N1CCC[C@@H](c2n[nH]c(C3CC3)n2)C1. The summed E-state index contributed by atoms with van der Waals surface area (Å²) in [5.74, 6) is 2.76. The van der Waals surface area contributed by atoms with Crippen LogP contribution in [0.15, 0.2) is 0 Å². The Balaban J connectivity index is 1.63. The number of nitrogens with zero attached hydrogens (tertiary/aromatic N) is 3. The molecular formula is C15H25N5O. The van der Waals surface area contributed by atoms with Gasteiger partial charge in [0.2, 0.25) is 0 Å². The molecule has 0 spiro atoms. The Labute approximate surface area is 125 Å². The second-order valence-electron chi connectivity index (χ2n) is 7.32. The van der Waals surface area contributed by atoms with Gasteiger partial charge in [0.25, 0.3) is 0 Å². The summed E-state index contributed by atoms with van der Waals surface area (Å²) >= 11 is 0. The molecule has 1 aromatic rings. The van der Waals surface area contributed by atoms with E-state index in [1.54, 1.807) is 0 Å². The summed E-state index contributed by atoms with van der Waals surface area (Å²) in [6.07, 6.45) is 4.51. The number of hydrogen-bond donors (Lipinski definition) is 2. The number of nitrogens with one attached hydrogen (secondary N) is 2. The highest BCUT2D eigenvalue weighted by molar-refractivity contribution is 5.75. The van der Waals surface area contributed by atoms with Crippen LogP contribution in [0, 0.1) is 0 Å². The van der Waals surface area contributed by atoms with Gasteiger partial charge in [0.15, 0.2) is 5.82 Å². The Hall–Kier alpha value is -1.59. The first-order valence-corrected chi connectivity index (χ1v) is 7.91. The van der Waals surface area contributed by atoms with Crippen molar-refractivity contribution in [3.63, 3.8) is 0 Å². The molecule has 0 aromatic carbocycles. The van der Waals surface area contributed by atoms with Crippen molar-refractivity contribution in [2.24, 2.45) is 0 Å². The van der Waals surface area contributed by atoms with Gasteiger partial charge in [0.05, 0.1) is 0 Å². The van der Waals surface area contributed by atoms with Gasteiger partial charge >= 0.3 is 6.03 Å². The fourth-order valence-corrected chi connectivity index (χ4v) is 2.78. The molecule has 0 bridgehead atoms. The van der Waals surface area contributed by atoms with Crippen molar-refractivity contribution in [2.45, 2.75) is 63.8 Å². The molecule has 1 aromatic heterocycles. The first-order valence-electron chi connectivity index (χ1n) is 7.91. The minimum atomic E-state index is -0.201. The lowest BCUT2D eigenvalue weighted by molar-refractivity contribution is 0.170. The fourth-order valence-electron chi connectivity index (χ4n) is 2.78. The summed E-state index contributed by atoms with van der Waals surface area (Å²) in [6, 6.07) is 0.0187. The molecule has 21 heavy (non-hydrogen) atoms. The van der Waals surface area contributed by atoms with Crippen molar-refractivity contribution < 1.29 is 4.79 Å². The predicted octanol–water partition coefficient (Wildman–Crippen LogP) is 2.37. The van der Waals surface area contributed by atoms with Gasteiger partial charge in [-0.15, -0.1) is 0 Å². The number of piperidine rings is 1. The molecule has 1 atom stereocenters. The number of carbonyl (C=O) groups is 1. The van der Waals surface area contributed by atoms with Crippen molar-refractivity contribution in [2.75, 3.05) is 13.1 Å². The van der Waals surface area contributed by atoms with Crippen LogP contribution in [0.2, 0.25) is 0 Å². The molecule has 1 aliphatic heterocycles. The van der Waals surface area contributed by atoms with Crippen LogP contribution in [-0.4, -0.2) is 44.7 Å². The van der Waals surface area contributed by atoms with Crippen LogP contribution < -0.4 is 5.32 Å². The van der Waals surface area contributed by atoms with E-state index in [0.29, 0.717) is 12.5 Å². The summed E-state index contributed by atoms with van der Waals surface area (Å²) in [4.78, 5) is 18.8. The summed E-state index contributed by atoms with van der Waals surface area (Å²) in [7, 11) is 0. The topological polar surface area (TPSA) is 73.9 Å². The smallest absolute Gasteiger partial charge is 0.317 e. The van der Waals surface area contributed by atoms with E-state index >= 15 is 0 Å². The number of H-pyrrole nitrogens is 1. The van der Waals surface area contributed by atoms with Gasteiger partial charge in [-0.1, -0.05) is 0 Å². The summed E-state index contributed by atoms with van der Waals surface area (Å²) < 4.78 is 0. The molecule has 2 heterocycles. The van der Waals surface area contributed by atoms with E-state index in [1.807, 2.05) is 25.7 Å². The zero-order valence-corrected chi connectivity index (χ0v) is 13.1. The van der Waals surface area contributed by atoms with E-state index in [9.17, 15) is 4.79 Å². The average Bonchev–Trinajstić information content (AvgIpc) is 3.15. The number of hydrogen-bond acceptors (Lipinski definition) is 3. The lowest BCUT2D eigenvalue weighted by atomic mass is 9.97. The highest BCUT2D eigenvalue weighted by atomic mass is 16.2. The molecule has 6 nitrogen and oxygen atoms in total. The third kappa shape index (κ3) is 3.54. The van der Waals surface area contributed by atoms with Crippen molar-refractivity contribution in [1.29, 1.82) is 0 Å². The molecule has 1 saturated heterocycles. The zero-order valence-electron chi connectivity index (χ0n) is 13.1. The number of urea groups is 1. The van der Waals surface area contributed by atoms with Gasteiger partial charge in [-0.25, -0.2) is 9.78 Å². The second-order valence-corrected chi connectivity index (χ2v) is 7.32. The molecule has 3 rings (SSSR count). The highest BCUT2D eigenvalue weighted by Crippen LogP contribution is 2.38. The lowest BCUT2D eigenvalue weighted by Gasteiger charge is -2.34. The van der Waals surface area contributed by atoms with Crippen LogP contribution >= 0.6 is 0 Å². The highest BCUT2D eigenvalue weighted by Gasteiger charge is 2.31. The van der Waals surface area contributed by atoms with Gasteiger partial charge < -0.3 is 10.2 Å². The maximum Gasteiger partial charge on any atom is 0.317 e. The van der Waals surface area contributed by atoms with Gasteiger partial charge in [-0.05, 0) is 46.5 Å². The Morgan fingerprint density at radius 1 is 1.29 bits per heavy atom. The van der Waals surface area contributed by atoms with Crippen LogP contribution in [-0.2, 0) is 0 Å². The van der Waals surface area contributed by atoms with E-state index in [-0.39, 0.29) is 17.5 Å². The van der Waals surface area contributed by atoms with Gasteiger partial charge in [0.1, 0.15) is 5.82 Å². The monoisotopic (exact) mass is 291 g/mol. The largest absolute Gasteiger partial charge is 0.333 e. The Morgan fingerprint density at radius 2 is 2.05 bits per heavy atom. The number of carbonyl (C=O) groups excluding carboxylic acids is 1. The van der Waals surface area contributed by atoms with Crippen molar-refractivity contribution in [1.82, 2.24) is 25.4 Å². The first-order chi connectivity index (χ1) is 9.92. The third-order valence-electron chi connectivity index (χ3n) is 4.04. The van der Waals surface area contributed by atoms with Gasteiger partial charge in [-0.2, -0.15) is 5.10 Å². The standard InChI is InChI=1S/C15H25N5O/c1-15(2,3)17-14(21)20-8-4-5-11(9-20)13-16-12(18-19-13)10-6-7-10/h10-11H,4-9H2,1-3H3,(H,17,21)(H,16,18,19)/t11-/m1/s1. The molecule has 0 radical (unpaired) electrons. The van der Waals surface area contributed by atoms with Crippen LogP contribution in [0.1, 0.15) is 69.9 Å². The van der Waals surface area contributed by atoms with E-state index in [1.165, 1.54) is 12.8 Å². The van der Waals surface area contributed by atoms with Crippen LogP contribution in [0.5, 0.6) is 0 Å². The van der Waals surface area contributed by atoms with E-state index in [2.05, 4.69) is 20.5 Å². The number of aromatic amines is 1. The van der Waals surface area contributed by atoms with Crippen LogP contribution in [0.3, 0.4) is 0 Å². The Kier molecular flexibility index (Phi) is 3.63. The molecule has 2 amide bonds. The van der Waals surface area contributed by atoms with E-state index in [4.69, 9.17) is 0 Å². The Morgan fingerprint density at radius 3 is 2.71 bits per heavy atom. The number of amides is 2. The van der Waals surface area contributed by atoms with E-state index in [0.717, 1.165) is 31.0 Å². The molecule has 2 aliphatic rings. The lowest BCUT2D eigenvalue weighted by Crippen LogP contribution is -2.51. The minimum absolute atomic E-state index is 0.0187. The van der Waals surface area contributed by atoms with Crippen LogP contribution in [0.4, 0.5) is 4.79 Å². The summed E-state index contributed by atoms with van der Waals surface area (Å²) in [6.45, 7) is 7.54. The molecule has 2 fully saturated rings. The molecule has 6 heteroatoms. The maximum atomic E-state index is 12.3. The van der Waals surface area contributed by atoms with Crippen molar-refractivity contribution in [3.8, 4) is 0 Å². The first kappa shape index (κ1) is 14.4. The van der Waals surface area contributed by atoms with E-state index < -0.39 is 0 Å². The molecule has 0 unspecified atom stereocenters. The van der Waals surface area contributed by atoms with Gasteiger partial charge in [-0.3, -0.25) is 5.10 Å². The fraction of sp³-hybridized carbons (Fsp3) is 0.800. The third-order valence-corrected chi connectivity index (χ3v) is 4.04. The number of rotatable bonds is 2. The zero-order chi connectivity index (χ0) is 15.0. The number of likely N-dealkylation sites (tertiary alicyclic amines) is 1. The minimum Gasteiger partial charge on any atom is -0.333 e. The van der Waals surface area contributed by atoms with Crippen molar-refractivity contribution >= 4 is 6.03 Å². The van der Waals surface area contributed by atoms with Crippen molar-refractivity contribution in [3.05, 3.63) is 11.6 Å². The maximum absolute atomic E-state index is 12.3. The molecule has 116 valence electrons. The molecule has 1 saturated carbocycles. The quantitative estimate of drug-likeness (QED) is 0.878. The molecule has 1 aliphatic carbocycles. The predicted molar refractivity (Wildman–Crippen MR) is 80.2 cm³/mol. The summed E-state index contributed by atoms with van der Waals surface area (Å²) in [5, 5.41) is 10.5. The van der Waals surface area contributed by atoms with Gasteiger partial charge in [0, 0.05) is 30.5 Å². The second kappa shape index (κ2) is 5.31. The Bertz CT molecular complexity index is 514. The summed E-state index contributed by atoms with van der Waals surface area (Å²) in [5.41, 5.74) is -0.201.